The molecule has 2 atom stereocenters. The maximum absolute atomic E-state index is 12.4. The van der Waals surface area contributed by atoms with Crippen LogP contribution in [0.5, 0.6) is 5.75 Å². The van der Waals surface area contributed by atoms with Crippen LogP contribution >= 0.6 is 0 Å². The Morgan fingerprint density at radius 3 is 2.53 bits per heavy atom. The maximum atomic E-state index is 12.4. The topological polar surface area (TPSA) is 58.8 Å². The molecule has 5 nitrogen and oxygen atoms in total. The van der Waals surface area contributed by atoms with Crippen LogP contribution in [0.1, 0.15) is 6.92 Å². The van der Waals surface area contributed by atoms with E-state index in [1.54, 1.807) is 7.11 Å². The molecule has 1 aliphatic heterocycles. The highest BCUT2D eigenvalue weighted by molar-refractivity contribution is 5.98. The zero-order valence-electron chi connectivity index (χ0n) is 11.7. The van der Waals surface area contributed by atoms with Gasteiger partial charge in [-0.1, -0.05) is 0 Å². The van der Waals surface area contributed by atoms with Crippen molar-refractivity contribution in [3.05, 3.63) is 24.3 Å². The lowest BCUT2D eigenvalue weighted by Crippen LogP contribution is -2.62. The average molecular weight is 263 g/mol. The van der Waals surface area contributed by atoms with Crippen molar-refractivity contribution < 1.29 is 9.53 Å². The van der Waals surface area contributed by atoms with Gasteiger partial charge in [-0.25, -0.2) is 0 Å². The number of piperazine rings is 1. The molecule has 1 aromatic rings. The Morgan fingerprint density at radius 1 is 1.37 bits per heavy atom. The lowest BCUT2D eigenvalue weighted by Gasteiger charge is -2.42. The van der Waals surface area contributed by atoms with E-state index in [1.807, 2.05) is 41.1 Å². The summed E-state index contributed by atoms with van der Waals surface area (Å²) >= 11 is 0. The summed E-state index contributed by atoms with van der Waals surface area (Å²) in [5.41, 5.74) is 6.62. The van der Waals surface area contributed by atoms with Crippen LogP contribution in [0.2, 0.25) is 0 Å². The minimum Gasteiger partial charge on any atom is -0.497 e. The number of methoxy groups -OCH3 is 1. The highest BCUT2D eigenvalue weighted by Crippen LogP contribution is 2.24. The van der Waals surface area contributed by atoms with E-state index in [4.69, 9.17) is 10.5 Å². The molecule has 1 saturated heterocycles. The highest BCUT2D eigenvalue weighted by atomic mass is 16.5. The molecule has 0 aromatic heterocycles. The van der Waals surface area contributed by atoms with Crippen LogP contribution in [0, 0.1) is 0 Å². The van der Waals surface area contributed by atoms with E-state index >= 15 is 0 Å². The van der Waals surface area contributed by atoms with Crippen molar-refractivity contribution in [2.75, 3.05) is 32.1 Å². The van der Waals surface area contributed by atoms with Crippen molar-refractivity contribution in [1.29, 1.82) is 0 Å². The summed E-state index contributed by atoms with van der Waals surface area (Å²) in [4.78, 5) is 16.3. The number of hydrogen-bond acceptors (Lipinski definition) is 4. The van der Waals surface area contributed by atoms with Crippen LogP contribution in [0.15, 0.2) is 24.3 Å². The van der Waals surface area contributed by atoms with Crippen LogP contribution in [0.3, 0.4) is 0 Å². The Balaban J connectivity index is 2.25. The average Bonchev–Trinajstić information content (AvgIpc) is 2.44. The second kappa shape index (κ2) is 5.59. The third-order valence-corrected chi connectivity index (χ3v) is 3.79. The predicted molar refractivity (Wildman–Crippen MR) is 75.4 cm³/mol. The van der Waals surface area contributed by atoms with Gasteiger partial charge in [0.05, 0.1) is 7.11 Å². The number of nitrogens with two attached hydrogens (primary N) is 1. The molecule has 2 N–H and O–H groups in total. The van der Waals surface area contributed by atoms with Gasteiger partial charge in [0.2, 0.25) is 5.91 Å². The van der Waals surface area contributed by atoms with E-state index in [2.05, 4.69) is 6.92 Å². The van der Waals surface area contributed by atoms with Gasteiger partial charge >= 0.3 is 0 Å². The normalized spacial score (nSPS) is 24.6. The van der Waals surface area contributed by atoms with Gasteiger partial charge in [0.25, 0.3) is 0 Å². The molecular weight excluding hydrogens is 242 g/mol. The van der Waals surface area contributed by atoms with E-state index in [-0.39, 0.29) is 18.0 Å². The smallest absolute Gasteiger partial charge is 0.245 e. The first-order valence-electron chi connectivity index (χ1n) is 6.46. The molecule has 1 aliphatic rings. The lowest BCUT2D eigenvalue weighted by atomic mass is 10.1. The standard InChI is InChI=1S/C14H21N3O2/c1-10-9-17(14(18)13(8-15)16(10)2)11-4-6-12(19-3)7-5-11/h4-7,10,13H,8-9,15H2,1-3H3. The zero-order chi connectivity index (χ0) is 14.0. The molecule has 0 bridgehead atoms. The first-order valence-corrected chi connectivity index (χ1v) is 6.46. The minimum absolute atomic E-state index is 0.0632. The Morgan fingerprint density at radius 2 is 2.00 bits per heavy atom. The molecule has 5 heteroatoms. The molecule has 0 radical (unpaired) electrons. The number of rotatable bonds is 3. The van der Waals surface area contributed by atoms with Crippen molar-refractivity contribution in [3.8, 4) is 5.75 Å². The predicted octanol–water partition coefficient (Wildman–Crippen LogP) is 0.689. The fourth-order valence-electron chi connectivity index (χ4n) is 2.41. The fraction of sp³-hybridized carbons (Fsp3) is 0.500. The number of carbonyl (C=O) groups excluding carboxylic acids is 1. The first kappa shape index (κ1) is 13.8. The van der Waals surface area contributed by atoms with Crippen LogP contribution in [0.4, 0.5) is 5.69 Å². The molecule has 0 saturated carbocycles. The van der Waals surface area contributed by atoms with Gasteiger partial charge in [-0.3, -0.25) is 9.69 Å². The molecule has 0 aliphatic carbocycles. The van der Waals surface area contributed by atoms with Crippen LogP contribution in [-0.2, 0) is 4.79 Å². The number of amides is 1. The molecule has 1 fully saturated rings. The summed E-state index contributed by atoms with van der Waals surface area (Å²) in [5, 5.41) is 0. The van der Waals surface area contributed by atoms with Gasteiger partial charge in [0, 0.05) is 24.8 Å². The van der Waals surface area contributed by atoms with E-state index in [9.17, 15) is 4.79 Å². The number of anilines is 1. The minimum atomic E-state index is -0.245. The van der Waals surface area contributed by atoms with E-state index in [1.165, 1.54) is 0 Å². The molecule has 1 heterocycles. The van der Waals surface area contributed by atoms with Crippen molar-refractivity contribution in [2.45, 2.75) is 19.0 Å². The quantitative estimate of drug-likeness (QED) is 0.871. The van der Waals surface area contributed by atoms with Gasteiger partial charge < -0.3 is 15.4 Å². The summed E-state index contributed by atoms with van der Waals surface area (Å²) < 4.78 is 5.13. The van der Waals surface area contributed by atoms with Gasteiger partial charge in [0.15, 0.2) is 0 Å². The molecule has 1 amide bonds. The molecule has 19 heavy (non-hydrogen) atoms. The van der Waals surface area contributed by atoms with Gasteiger partial charge in [0.1, 0.15) is 11.8 Å². The SMILES string of the molecule is COc1ccc(N2CC(C)N(C)C(CN)C2=O)cc1. The van der Waals surface area contributed by atoms with Crippen molar-refractivity contribution in [2.24, 2.45) is 5.73 Å². The van der Waals surface area contributed by atoms with E-state index in [0.717, 1.165) is 11.4 Å². The number of carbonyl (C=O) groups is 1. The van der Waals surface area contributed by atoms with Gasteiger partial charge in [-0.15, -0.1) is 0 Å². The monoisotopic (exact) mass is 263 g/mol. The third-order valence-electron chi connectivity index (χ3n) is 3.79. The Labute approximate surface area is 113 Å². The highest BCUT2D eigenvalue weighted by Gasteiger charge is 2.36. The zero-order valence-corrected chi connectivity index (χ0v) is 11.7. The van der Waals surface area contributed by atoms with Gasteiger partial charge in [-0.2, -0.15) is 0 Å². The molecule has 2 rings (SSSR count). The maximum Gasteiger partial charge on any atom is 0.245 e. The largest absolute Gasteiger partial charge is 0.497 e. The summed E-state index contributed by atoms with van der Waals surface area (Å²) in [6, 6.07) is 7.58. The summed E-state index contributed by atoms with van der Waals surface area (Å²) in [6.45, 7) is 3.12. The number of likely N-dealkylation sites (N-methyl/N-ethyl adjacent to an activating group) is 1. The molecule has 104 valence electrons. The van der Waals surface area contributed by atoms with Crippen LogP contribution < -0.4 is 15.4 Å². The molecular formula is C14H21N3O2. The lowest BCUT2D eigenvalue weighted by molar-refractivity contribution is -0.126. The molecule has 0 spiro atoms. The second-order valence-corrected chi connectivity index (χ2v) is 4.91. The van der Waals surface area contributed by atoms with Gasteiger partial charge in [-0.05, 0) is 38.2 Å². The number of hydrogen-bond donors (Lipinski definition) is 1. The van der Waals surface area contributed by atoms with Crippen molar-refractivity contribution in [3.63, 3.8) is 0 Å². The Kier molecular flexibility index (Phi) is 4.07. The Hall–Kier alpha value is -1.59. The first-order chi connectivity index (χ1) is 9.08. The molecule has 2 unspecified atom stereocenters. The van der Waals surface area contributed by atoms with E-state index in [0.29, 0.717) is 13.1 Å². The van der Waals surface area contributed by atoms with Crippen LogP contribution in [-0.4, -0.2) is 50.1 Å². The summed E-state index contributed by atoms with van der Waals surface area (Å²) in [7, 11) is 3.58. The summed E-state index contributed by atoms with van der Waals surface area (Å²) in [6.07, 6.45) is 0. The van der Waals surface area contributed by atoms with Crippen LogP contribution in [0.25, 0.3) is 0 Å². The van der Waals surface area contributed by atoms with E-state index < -0.39 is 0 Å². The van der Waals surface area contributed by atoms with Crippen molar-refractivity contribution in [1.82, 2.24) is 4.90 Å². The Bertz CT molecular complexity index is 447. The third kappa shape index (κ3) is 2.57. The second-order valence-electron chi connectivity index (χ2n) is 4.91. The number of benzene rings is 1. The fourth-order valence-corrected chi connectivity index (χ4v) is 2.41. The number of nitrogens with zero attached hydrogens (tertiary/aromatic N) is 2. The molecule has 1 aromatic carbocycles. The number of ether oxygens (including phenoxy) is 1. The summed E-state index contributed by atoms with van der Waals surface area (Å²) in [5.74, 6) is 0.849. The van der Waals surface area contributed by atoms with Crippen molar-refractivity contribution >= 4 is 11.6 Å².